The zero-order valence-electron chi connectivity index (χ0n) is 16.7. The van der Waals surface area contributed by atoms with Gasteiger partial charge in [0.25, 0.3) is 0 Å². The highest BCUT2D eigenvalue weighted by Crippen LogP contribution is 2.28. The number of benzene rings is 1. The van der Waals surface area contributed by atoms with Gasteiger partial charge in [-0.3, -0.25) is 4.79 Å². The van der Waals surface area contributed by atoms with Crippen LogP contribution < -0.4 is 14.8 Å². The zero-order valence-corrected chi connectivity index (χ0v) is 18.3. The van der Waals surface area contributed by atoms with Gasteiger partial charge in [0, 0.05) is 18.6 Å². The Morgan fingerprint density at radius 3 is 2.62 bits per heavy atom. The van der Waals surface area contributed by atoms with Crippen molar-refractivity contribution in [1.82, 2.24) is 19.7 Å². The molecule has 0 radical (unpaired) electrons. The average molecular weight is 434 g/mol. The number of amides is 1. The fourth-order valence-corrected chi connectivity index (χ4v) is 4.07. The van der Waals surface area contributed by atoms with Gasteiger partial charge in [0.05, 0.1) is 12.4 Å². The number of hydrogen-bond acceptors (Lipinski definition) is 8. The Hall–Kier alpha value is -2.59. The van der Waals surface area contributed by atoms with Crippen molar-refractivity contribution < 1.29 is 14.3 Å². The maximum atomic E-state index is 12.5. The lowest BCUT2D eigenvalue weighted by atomic mass is 10.3. The van der Waals surface area contributed by atoms with Crippen LogP contribution in [0.4, 0.5) is 5.13 Å². The molecule has 2 heterocycles. The molecular formula is C19H23N5O3S2. The van der Waals surface area contributed by atoms with Gasteiger partial charge in [-0.25, -0.2) is 4.98 Å². The zero-order chi connectivity index (χ0) is 20.8. The second-order valence-corrected chi connectivity index (χ2v) is 8.24. The van der Waals surface area contributed by atoms with Crippen molar-refractivity contribution in [2.75, 3.05) is 12.4 Å². The summed E-state index contributed by atoms with van der Waals surface area (Å²) in [5.41, 5.74) is 0. The molecular weight excluding hydrogens is 410 g/mol. The quantitative estimate of drug-likeness (QED) is 0.511. The van der Waals surface area contributed by atoms with Crippen molar-refractivity contribution in [1.29, 1.82) is 0 Å². The monoisotopic (exact) mass is 433 g/mol. The second kappa shape index (κ2) is 9.75. The molecule has 2 atom stereocenters. The smallest absolute Gasteiger partial charge is 0.239 e. The molecule has 1 amide bonds. The molecule has 0 aliphatic rings. The van der Waals surface area contributed by atoms with Crippen LogP contribution in [0.15, 0.2) is 41.0 Å². The van der Waals surface area contributed by atoms with Gasteiger partial charge in [-0.2, -0.15) is 0 Å². The average Bonchev–Trinajstić information content (AvgIpc) is 3.36. The number of ether oxygens (including phenoxy) is 2. The number of thiazole rings is 1. The van der Waals surface area contributed by atoms with Gasteiger partial charge in [-0.1, -0.05) is 18.7 Å². The molecule has 0 aliphatic carbocycles. The molecule has 1 aromatic carbocycles. The third-order valence-corrected chi connectivity index (χ3v) is 6.26. The highest BCUT2D eigenvalue weighted by atomic mass is 32.2. The first-order chi connectivity index (χ1) is 14.0. The van der Waals surface area contributed by atoms with Crippen molar-refractivity contribution in [3.8, 4) is 11.5 Å². The third kappa shape index (κ3) is 5.27. The Labute approximate surface area is 177 Å². The normalized spacial score (nSPS) is 13.0. The highest BCUT2D eigenvalue weighted by Gasteiger charge is 2.24. The van der Waals surface area contributed by atoms with Crippen molar-refractivity contribution in [3.05, 3.63) is 41.7 Å². The van der Waals surface area contributed by atoms with Crippen LogP contribution in [0.2, 0.25) is 0 Å². The van der Waals surface area contributed by atoms with Crippen LogP contribution in [0.1, 0.15) is 32.2 Å². The lowest BCUT2D eigenvalue weighted by Gasteiger charge is -2.16. The third-order valence-electron chi connectivity index (χ3n) is 4.18. The Bertz CT molecular complexity index is 928. The summed E-state index contributed by atoms with van der Waals surface area (Å²) in [6.45, 7) is 3.88. The summed E-state index contributed by atoms with van der Waals surface area (Å²) in [5, 5.41) is 14.1. The maximum absolute atomic E-state index is 12.5. The molecule has 29 heavy (non-hydrogen) atoms. The number of rotatable bonds is 9. The SMILES string of the molecule is CCC(Sc1nnc(C(C)Oc2ccc(OC)cc2)n1C)C(=O)Nc1nccs1. The summed E-state index contributed by atoms with van der Waals surface area (Å²) in [7, 11) is 3.50. The number of nitrogens with one attached hydrogen (secondary N) is 1. The summed E-state index contributed by atoms with van der Waals surface area (Å²) in [6, 6.07) is 7.37. The number of carbonyl (C=O) groups is 1. The van der Waals surface area contributed by atoms with E-state index >= 15 is 0 Å². The van der Waals surface area contributed by atoms with Crippen LogP contribution in [-0.2, 0) is 11.8 Å². The van der Waals surface area contributed by atoms with Crippen molar-refractivity contribution in [2.45, 2.75) is 36.8 Å². The fraction of sp³-hybridized carbons (Fsp3) is 0.368. The minimum Gasteiger partial charge on any atom is -0.497 e. The van der Waals surface area contributed by atoms with E-state index in [0.717, 1.165) is 5.75 Å². The van der Waals surface area contributed by atoms with E-state index in [4.69, 9.17) is 9.47 Å². The van der Waals surface area contributed by atoms with E-state index in [9.17, 15) is 4.79 Å². The summed E-state index contributed by atoms with van der Waals surface area (Å²) < 4.78 is 13.0. The van der Waals surface area contributed by atoms with Gasteiger partial charge in [-0.05, 0) is 37.6 Å². The topological polar surface area (TPSA) is 91.2 Å². The van der Waals surface area contributed by atoms with Crippen LogP contribution in [0.3, 0.4) is 0 Å². The number of nitrogens with zero attached hydrogens (tertiary/aromatic N) is 4. The second-order valence-electron chi connectivity index (χ2n) is 6.18. The molecule has 154 valence electrons. The Balaban J connectivity index is 1.66. The van der Waals surface area contributed by atoms with E-state index in [0.29, 0.717) is 28.3 Å². The van der Waals surface area contributed by atoms with Crippen LogP contribution >= 0.6 is 23.1 Å². The van der Waals surface area contributed by atoms with Gasteiger partial charge in [0.2, 0.25) is 5.91 Å². The van der Waals surface area contributed by atoms with E-state index < -0.39 is 0 Å². The lowest BCUT2D eigenvalue weighted by Crippen LogP contribution is -2.25. The predicted molar refractivity (Wildman–Crippen MR) is 114 cm³/mol. The van der Waals surface area contributed by atoms with E-state index in [2.05, 4.69) is 20.5 Å². The molecule has 1 N–H and O–H groups in total. The number of anilines is 1. The number of aromatic nitrogens is 4. The molecule has 3 rings (SSSR count). The molecule has 3 aromatic rings. The van der Waals surface area contributed by atoms with Crippen LogP contribution in [0.5, 0.6) is 11.5 Å². The largest absolute Gasteiger partial charge is 0.497 e. The molecule has 0 aliphatic heterocycles. The Kier molecular flexibility index (Phi) is 7.10. The van der Waals surface area contributed by atoms with E-state index in [1.165, 1.54) is 23.1 Å². The minimum atomic E-state index is -0.306. The van der Waals surface area contributed by atoms with Gasteiger partial charge >= 0.3 is 0 Å². The summed E-state index contributed by atoms with van der Waals surface area (Å²) in [4.78, 5) is 16.6. The van der Waals surface area contributed by atoms with Gasteiger partial charge in [0.1, 0.15) is 11.5 Å². The molecule has 0 saturated heterocycles. The molecule has 0 fully saturated rings. The fourth-order valence-electron chi connectivity index (χ4n) is 2.61. The molecule has 8 nitrogen and oxygen atoms in total. The first-order valence-electron chi connectivity index (χ1n) is 9.08. The Morgan fingerprint density at radius 2 is 2.00 bits per heavy atom. The maximum Gasteiger partial charge on any atom is 0.239 e. The van der Waals surface area contributed by atoms with Crippen LogP contribution in [-0.4, -0.2) is 38.0 Å². The number of methoxy groups -OCH3 is 1. The van der Waals surface area contributed by atoms with E-state index in [1.807, 2.05) is 55.1 Å². The summed E-state index contributed by atoms with van der Waals surface area (Å²) in [5.74, 6) is 2.06. The molecule has 10 heteroatoms. The van der Waals surface area contributed by atoms with Crippen molar-refractivity contribution in [3.63, 3.8) is 0 Å². The number of carbonyl (C=O) groups excluding carboxylic acids is 1. The molecule has 0 spiro atoms. The molecule has 0 bridgehead atoms. The summed E-state index contributed by atoms with van der Waals surface area (Å²) >= 11 is 2.77. The lowest BCUT2D eigenvalue weighted by molar-refractivity contribution is -0.115. The number of hydrogen-bond donors (Lipinski definition) is 1. The Morgan fingerprint density at radius 1 is 1.28 bits per heavy atom. The molecule has 2 aromatic heterocycles. The molecule has 2 unspecified atom stereocenters. The minimum absolute atomic E-state index is 0.0977. The molecule has 0 saturated carbocycles. The van der Waals surface area contributed by atoms with E-state index in [-0.39, 0.29) is 17.3 Å². The first kappa shape index (κ1) is 21.1. The van der Waals surface area contributed by atoms with E-state index in [1.54, 1.807) is 13.3 Å². The van der Waals surface area contributed by atoms with Gasteiger partial charge in [-0.15, -0.1) is 21.5 Å². The summed E-state index contributed by atoms with van der Waals surface area (Å²) in [6.07, 6.45) is 2.01. The van der Waals surface area contributed by atoms with Gasteiger partial charge in [0.15, 0.2) is 22.2 Å². The van der Waals surface area contributed by atoms with Crippen LogP contribution in [0.25, 0.3) is 0 Å². The van der Waals surface area contributed by atoms with Crippen LogP contribution in [0, 0.1) is 0 Å². The standard InChI is InChI=1S/C19H23N5O3S2/c1-5-15(17(25)21-18-20-10-11-28-18)29-19-23-22-16(24(19)3)12(2)27-14-8-6-13(26-4)7-9-14/h6-12,15H,5H2,1-4H3,(H,20,21,25). The number of thioether (sulfide) groups is 1. The predicted octanol–water partition coefficient (Wildman–Crippen LogP) is 3.93. The van der Waals surface area contributed by atoms with Crippen molar-refractivity contribution >= 4 is 34.1 Å². The van der Waals surface area contributed by atoms with Gasteiger partial charge < -0.3 is 19.4 Å². The first-order valence-corrected chi connectivity index (χ1v) is 10.8. The highest BCUT2D eigenvalue weighted by molar-refractivity contribution is 8.00. The van der Waals surface area contributed by atoms with Crippen molar-refractivity contribution in [2.24, 2.45) is 7.05 Å².